The molecule has 2 N–H and O–H groups in total. The molecule has 1 saturated carbocycles. The van der Waals surface area contributed by atoms with E-state index in [1.54, 1.807) is 6.33 Å². The van der Waals surface area contributed by atoms with Crippen molar-refractivity contribution in [2.75, 3.05) is 0 Å². The van der Waals surface area contributed by atoms with Crippen LogP contribution in [0, 0.1) is 5.92 Å². The Bertz CT molecular complexity index is 305. The summed E-state index contributed by atoms with van der Waals surface area (Å²) in [5.41, 5.74) is 5.91. The third-order valence-electron chi connectivity index (χ3n) is 3.06. The van der Waals surface area contributed by atoms with Crippen LogP contribution in [0.25, 0.3) is 0 Å². The van der Waals surface area contributed by atoms with E-state index in [1.165, 1.54) is 12.8 Å². The Labute approximate surface area is 84.5 Å². The Morgan fingerprint density at radius 2 is 2.36 bits per heavy atom. The van der Waals surface area contributed by atoms with Gasteiger partial charge in [-0.15, -0.1) is 0 Å². The Kier molecular flexibility index (Phi) is 2.54. The summed E-state index contributed by atoms with van der Waals surface area (Å²) in [5.74, 6) is 1.71. The second-order valence-electron chi connectivity index (χ2n) is 4.42. The molecule has 2 unspecified atom stereocenters. The molecule has 1 heterocycles. The van der Waals surface area contributed by atoms with E-state index in [0.29, 0.717) is 18.0 Å². The van der Waals surface area contributed by atoms with Crippen molar-refractivity contribution >= 4 is 0 Å². The zero-order valence-corrected chi connectivity index (χ0v) is 8.85. The predicted molar refractivity (Wildman–Crippen MR) is 54.8 cm³/mol. The highest BCUT2D eigenvalue weighted by atomic mass is 15.3. The molecular weight excluding hydrogens is 176 g/mol. The van der Waals surface area contributed by atoms with Gasteiger partial charge in [0.2, 0.25) is 0 Å². The first-order valence-corrected chi connectivity index (χ1v) is 5.32. The predicted octanol–water partition coefficient (Wildman–Crippen LogP) is 1.14. The lowest BCUT2D eigenvalue weighted by Gasteiger charge is -2.33. The maximum Gasteiger partial charge on any atom is 0.138 e. The van der Waals surface area contributed by atoms with E-state index in [0.717, 1.165) is 12.2 Å². The molecule has 2 atom stereocenters. The smallest absolute Gasteiger partial charge is 0.138 e. The van der Waals surface area contributed by atoms with Crippen LogP contribution in [0.15, 0.2) is 6.33 Å². The van der Waals surface area contributed by atoms with Crippen LogP contribution in [-0.4, -0.2) is 20.8 Å². The minimum Gasteiger partial charge on any atom is -0.327 e. The molecule has 78 valence electrons. The molecule has 2 rings (SSSR count). The third kappa shape index (κ3) is 1.66. The maximum atomic E-state index is 5.91. The van der Waals surface area contributed by atoms with Crippen LogP contribution in [0.2, 0.25) is 0 Å². The van der Waals surface area contributed by atoms with Gasteiger partial charge < -0.3 is 5.73 Å². The molecule has 0 amide bonds. The highest BCUT2D eigenvalue weighted by Crippen LogP contribution is 2.28. The summed E-state index contributed by atoms with van der Waals surface area (Å²) in [5, 5.41) is 4.22. The van der Waals surface area contributed by atoms with Crippen LogP contribution in [0.1, 0.15) is 38.6 Å². The van der Waals surface area contributed by atoms with Gasteiger partial charge in [-0.05, 0) is 32.6 Å². The van der Waals surface area contributed by atoms with Crippen LogP contribution in [0.4, 0.5) is 0 Å². The fourth-order valence-corrected chi connectivity index (χ4v) is 1.93. The Morgan fingerprint density at radius 3 is 2.86 bits per heavy atom. The molecule has 0 aromatic carbocycles. The summed E-state index contributed by atoms with van der Waals surface area (Å²) in [6.07, 6.45) is 5.03. The van der Waals surface area contributed by atoms with E-state index in [2.05, 4.69) is 23.9 Å². The monoisotopic (exact) mass is 194 g/mol. The zero-order valence-electron chi connectivity index (χ0n) is 8.85. The molecule has 0 radical (unpaired) electrons. The quantitative estimate of drug-likeness (QED) is 0.785. The second-order valence-corrected chi connectivity index (χ2v) is 4.42. The average molecular weight is 194 g/mol. The summed E-state index contributed by atoms with van der Waals surface area (Å²) in [4.78, 5) is 4.29. The molecule has 1 aromatic heterocycles. The van der Waals surface area contributed by atoms with Crippen molar-refractivity contribution in [3.63, 3.8) is 0 Å². The number of aromatic nitrogens is 3. The Morgan fingerprint density at radius 1 is 1.57 bits per heavy atom. The largest absolute Gasteiger partial charge is 0.327 e. The van der Waals surface area contributed by atoms with Gasteiger partial charge in [0.1, 0.15) is 12.2 Å². The van der Waals surface area contributed by atoms with E-state index in [9.17, 15) is 0 Å². The van der Waals surface area contributed by atoms with Gasteiger partial charge in [0.05, 0.1) is 0 Å². The summed E-state index contributed by atoms with van der Waals surface area (Å²) >= 11 is 0. The van der Waals surface area contributed by atoms with Crippen molar-refractivity contribution in [1.82, 2.24) is 14.8 Å². The second kappa shape index (κ2) is 3.69. The minimum atomic E-state index is 0.382. The lowest BCUT2D eigenvalue weighted by Crippen LogP contribution is -2.41. The molecule has 1 aliphatic rings. The molecule has 4 nitrogen and oxygen atoms in total. The maximum absolute atomic E-state index is 5.91. The molecule has 1 aromatic rings. The van der Waals surface area contributed by atoms with E-state index >= 15 is 0 Å². The zero-order chi connectivity index (χ0) is 10.1. The number of rotatable bonds is 3. The van der Waals surface area contributed by atoms with E-state index in [1.807, 2.05) is 4.68 Å². The highest BCUT2D eigenvalue weighted by Gasteiger charge is 2.28. The number of nitrogens with zero attached hydrogens (tertiary/aromatic N) is 3. The fourth-order valence-electron chi connectivity index (χ4n) is 1.93. The van der Waals surface area contributed by atoms with Gasteiger partial charge in [0, 0.05) is 18.5 Å². The van der Waals surface area contributed by atoms with Gasteiger partial charge in [-0.1, -0.05) is 0 Å². The Balaban J connectivity index is 2.05. The van der Waals surface area contributed by atoms with Crippen molar-refractivity contribution < 1.29 is 0 Å². The molecule has 0 saturated heterocycles. The first-order valence-electron chi connectivity index (χ1n) is 5.32. The van der Waals surface area contributed by atoms with E-state index in [-0.39, 0.29) is 0 Å². The summed E-state index contributed by atoms with van der Waals surface area (Å²) in [7, 11) is 0. The standard InChI is InChI=1S/C10H18N4/c1-7(2)14-10(12-6-13-14)5-8-3-4-9(8)11/h6-9H,3-5,11H2,1-2H3. The lowest BCUT2D eigenvalue weighted by molar-refractivity contribution is 0.247. The van der Waals surface area contributed by atoms with E-state index in [4.69, 9.17) is 5.73 Å². The van der Waals surface area contributed by atoms with Crippen molar-refractivity contribution in [3.05, 3.63) is 12.2 Å². The van der Waals surface area contributed by atoms with Crippen molar-refractivity contribution in [2.45, 2.75) is 45.2 Å². The normalized spacial score (nSPS) is 26.6. The highest BCUT2D eigenvalue weighted by molar-refractivity contribution is 4.95. The van der Waals surface area contributed by atoms with Crippen LogP contribution in [0.5, 0.6) is 0 Å². The van der Waals surface area contributed by atoms with Gasteiger partial charge in [0.15, 0.2) is 0 Å². The molecule has 4 heteroatoms. The average Bonchev–Trinajstić information content (AvgIpc) is 2.59. The third-order valence-corrected chi connectivity index (χ3v) is 3.06. The topological polar surface area (TPSA) is 56.7 Å². The van der Waals surface area contributed by atoms with Gasteiger partial charge in [0.25, 0.3) is 0 Å². The number of hydrogen-bond donors (Lipinski definition) is 1. The van der Waals surface area contributed by atoms with Crippen LogP contribution < -0.4 is 5.73 Å². The van der Waals surface area contributed by atoms with Crippen LogP contribution in [0.3, 0.4) is 0 Å². The first kappa shape index (κ1) is 9.65. The SMILES string of the molecule is CC(C)n1ncnc1CC1CCC1N. The van der Waals surface area contributed by atoms with Crippen LogP contribution >= 0.6 is 0 Å². The molecular formula is C10H18N4. The summed E-state index contributed by atoms with van der Waals surface area (Å²) in [6.45, 7) is 4.25. The minimum absolute atomic E-state index is 0.382. The van der Waals surface area contributed by atoms with Gasteiger partial charge >= 0.3 is 0 Å². The molecule has 0 spiro atoms. The van der Waals surface area contributed by atoms with Gasteiger partial charge in [-0.2, -0.15) is 5.10 Å². The van der Waals surface area contributed by atoms with Crippen molar-refractivity contribution in [3.8, 4) is 0 Å². The van der Waals surface area contributed by atoms with E-state index < -0.39 is 0 Å². The van der Waals surface area contributed by atoms with Crippen molar-refractivity contribution in [2.24, 2.45) is 11.7 Å². The first-order chi connectivity index (χ1) is 6.68. The molecule has 1 aliphatic carbocycles. The Hall–Kier alpha value is -0.900. The van der Waals surface area contributed by atoms with Gasteiger partial charge in [-0.25, -0.2) is 9.67 Å². The summed E-state index contributed by atoms with van der Waals surface area (Å²) in [6, 6.07) is 0.774. The molecule has 14 heavy (non-hydrogen) atoms. The van der Waals surface area contributed by atoms with Gasteiger partial charge in [-0.3, -0.25) is 0 Å². The number of nitrogens with two attached hydrogens (primary N) is 1. The summed E-state index contributed by atoms with van der Waals surface area (Å²) < 4.78 is 1.99. The lowest BCUT2D eigenvalue weighted by atomic mass is 9.78. The fraction of sp³-hybridized carbons (Fsp3) is 0.800. The molecule has 0 bridgehead atoms. The molecule has 1 fully saturated rings. The van der Waals surface area contributed by atoms with Crippen LogP contribution in [-0.2, 0) is 6.42 Å². The molecule has 0 aliphatic heterocycles. The number of hydrogen-bond acceptors (Lipinski definition) is 3. The van der Waals surface area contributed by atoms with Crippen molar-refractivity contribution in [1.29, 1.82) is 0 Å².